The second kappa shape index (κ2) is 9.37. The molecule has 2 aliphatic rings. The molecule has 3 aromatic rings. The van der Waals surface area contributed by atoms with Gasteiger partial charge in [-0.3, -0.25) is 4.79 Å². The van der Waals surface area contributed by atoms with Gasteiger partial charge in [0.1, 0.15) is 11.5 Å². The van der Waals surface area contributed by atoms with Crippen LogP contribution in [0.4, 0.5) is 13.2 Å². The van der Waals surface area contributed by atoms with Crippen LogP contribution in [0.1, 0.15) is 47.7 Å². The minimum Gasteiger partial charge on any atom is -0.495 e. The van der Waals surface area contributed by atoms with Crippen LogP contribution in [0.5, 0.6) is 11.5 Å². The molecule has 0 saturated carbocycles. The lowest BCUT2D eigenvalue weighted by Crippen LogP contribution is -2.39. The van der Waals surface area contributed by atoms with Crippen LogP contribution in [0.15, 0.2) is 54.5 Å². The fourth-order valence-electron chi connectivity index (χ4n) is 5.11. The van der Waals surface area contributed by atoms with Gasteiger partial charge < -0.3 is 18.9 Å². The van der Waals surface area contributed by atoms with Crippen LogP contribution in [0.3, 0.4) is 0 Å². The second-order valence-electron chi connectivity index (χ2n) is 9.09. The van der Waals surface area contributed by atoms with E-state index in [9.17, 15) is 18.0 Å². The van der Waals surface area contributed by atoms with Crippen molar-refractivity contribution < 1.29 is 27.4 Å². The SMILES string of the molecule is COc1cc(/C=C2\CCCN([C@H]3CCc4cc(OC(F)(F)F)ccc43)C2=O)ccc1-n1cnc(C)c1. The van der Waals surface area contributed by atoms with Crippen LogP contribution < -0.4 is 9.47 Å². The topological polar surface area (TPSA) is 56.6 Å². The highest BCUT2D eigenvalue weighted by Gasteiger charge is 2.36. The number of hydrogen-bond acceptors (Lipinski definition) is 4. The number of piperidine rings is 1. The van der Waals surface area contributed by atoms with E-state index in [-0.39, 0.29) is 17.7 Å². The number of likely N-dealkylation sites (tertiary alicyclic amines) is 1. The normalized spacial score (nSPS) is 19.0. The molecule has 188 valence electrons. The maximum absolute atomic E-state index is 13.5. The number of methoxy groups -OCH3 is 1. The number of amides is 1. The fraction of sp³-hybridized carbons (Fsp3) is 0.333. The summed E-state index contributed by atoms with van der Waals surface area (Å²) in [5, 5.41) is 0. The highest BCUT2D eigenvalue weighted by atomic mass is 19.4. The van der Waals surface area contributed by atoms with E-state index in [1.165, 1.54) is 12.1 Å². The van der Waals surface area contributed by atoms with E-state index < -0.39 is 6.36 Å². The van der Waals surface area contributed by atoms with Crippen LogP contribution in [-0.4, -0.2) is 40.4 Å². The van der Waals surface area contributed by atoms with Crippen molar-refractivity contribution in [3.8, 4) is 17.2 Å². The standard InChI is InChI=1S/C27H26F3N3O3/c1-17-15-32(16-31-17)24-9-5-18(13-25(24)35-2)12-20-4-3-11-33(26(20)34)23-10-6-19-14-21(7-8-22(19)23)36-27(28,29)30/h5,7-9,12-16,23H,3-4,6,10-11H2,1-2H3/b20-12+/t23-/m0/s1. The van der Waals surface area contributed by atoms with E-state index in [0.717, 1.165) is 34.5 Å². The summed E-state index contributed by atoms with van der Waals surface area (Å²) in [6.07, 6.45) is 3.58. The molecule has 1 amide bonds. The lowest BCUT2D eigenvalue weighted by Gasteiger charge is -2.34. The van der Waals surface area contributed by atoms with Gasteiger partial charge >= 0.3 is 6.36 Å². The Morgan fingerprint density at radius 3 is 2.69 bits per heavy atom. The minimum atomic E-state index is -4.73. The number of hydrogen-bond donors (Lipinski definition) is 0. The summed E-state index contributed by atoms with van der Waals surface area (Å²) in [5.41, 5.74) is 5.00. The number of carbonyl (C=O) groups excluding carboxylic acids is 1. The Labute approximate surface area is 207 Å². The molecule has 5 rings (SSSR count). The number of ether oxygens (including phenoxy) is 2. The molecular weight excluding hydrogens is 471 g/mol. The van der Waals surface area contributed by atoms with Crippen molar-refractivity contribution >= 4 is 12.0 Å². The third kappa shape index (κ3) is 4.82. The number of carbonyl (C=O) groups is 1. The molecule has 0 N–H and O–H groups in total. The van der Waals surface area contributed by atoms with Gasteiger partial charge in [-0.15, -0.1) is 13.2 Å². The number of benzene rings is 2. The molecule has 0 radical (unpaired) electrons. The molecule has 2 aromatic carbocycles. The van der Waals surface area contributed by atoms with E-state index in [2.05, 4.69) is 9.72 Å². The van der Waals surface area contributed by atoms with E-state index in [0.29, 0.717) is 37.1 Å². The second-order valence-corrected chi connectivity index (χ2v) is 9.09. The lowest BCUT2D eigenvalue weighted by molar-refractivity contribution is -0.274. The first kappa shape index (κ1) is 24.0. The molecule has 2 heterocycles. The predicted octanol–water partition coefficient (Wildman–Crippen LogP) is 5.78. The smallest absolute Gasteiger partial charge is 0.495 e. The summed E-state index contributed by atoms with van der Waals surface area (Å²) in [7, 11) is 1.61. The molecule has 1 fully saturated rings. The van der Waals surface area contributed by atoms with Gasteiger partial charge in [-0.2, -0.15) is 0 Å². The van der Waals surface area contributed by atoms with Gasteiger partial charge in [0, 0.05) is 18.3 Å². The van der Waals surface area contributed by atoms with Gasteiger partial charge in [-0.05, 0) is 79.6 Å². The Morgan fingerprint density at radius 2 is 1.97 bits per heavy atom. The molecular formula is C27H26F3N3O3. The van der Waals surface area contributed by atoms with Gasteiger partial charge in [0.05, 0.1) is 30.9 Å². The number of nitrogens with zero attached hydrogens (tertiary/aromatic N) is 3. The van der Waals surface area contributed by atoms with Crippen molar-refractivity contribution in [2.24, 2.45) is 0 Å². The molecule has 0 bridgehead atoms. The number of aromatic nitrogens is 2. The third-order valence-corrected chi connectivity index (χ3v) is 6.69. The molecule has 0 spiro atoms. The number of imidazole rings is 1. The zero-order valence-electron chi connectivity index (χ0n) is 20.0. The van der Waals surface area contributed by atoms with Crippen molar-refractivity contribution in [3.05, 3.63) is 76.9 Å². The predicted molar refractivity (Wildman–Crippen MR) is 128 cm³/mol. The van der Waals surface area contributed by atoms with Crippen LogP contribution in [0, 0.1) is 6.92 Å². The van der Waals surface area contributed by atoms with Crippen molar-refractivity contribution in [1.82, 2.24) is 14.5 Å². The molecule has 1 saturated heterocycles. The number of halogens is 3. The van der Waals surface area contributed by atoms with Gasteiger partial charge in [0.2, 0.25) is 5.91 Å². The van der Waals surface area contributed by atoms with Gasteiger partial charge in [0.25, 0.3) is 0 Å². The zero-order valence-corrected chi connectivity index (χ0v) is 20.0. The summed E-state index contributed by atoms with van der Waals surface area (Å²) < 4.78 is 49.3. The van der Waals surface area contributed by atoms with Crippen LogP contribution in [0.2, 0.25) is 0 Å². The summed E-state index contributed by atoms with van der Waals surface area (Å²) in [6.45, 7) is 2.53. The molecule has 1 aliphatic carbocycles. The highest BCUT2D eigenvalue weighted by molar-refractivity contribution is 5.99. The quantitative estimate of drug-likeness (QED) is 0.420. The monoisotopic (exact) mass is 497 g/mol. The molecule has 1 atom stereocenters. The van der Waals surface area contributed by atoms with Crippen LogP contribution >= 0.6 is 0 Å². The van der Waals surface area contributed by atoms with Gasteiger partial charge in [-0.1, -0.05) is 12.1 Å². The van der Waals surface area contributed by atoms with E-state index in [1.807, 2.05) is 46.9 Å². The molecule has 9 heteroatoms. The summed E-state index contributed by atoms with van der Waals surface area (Å²) in [5.74, 6) is 0.405. The Balaban J connectivity index is 1.37. The Bertz CT molecular complexity index is 1330. The average Bonchev–Trinajstić information content (AvgIpc) is 3.45. The van der Waals surface area contributed by atoms with E-state index >= 15 is 0 Å². The number of rotatable bonds is 5. The first-order valence-electron chi connectivity index (χ1n) is 11.8. The fourth-order valence-corrected chi connectivity index (χ4v) is 5.11. The summed E-state index contributed by atoms with van der Waals surface area (Å²) in [6, 6.07) is 10.0. The minimum absolute atomic E-state index is 0.0389. The highest BCUT2D eigenvalue weighted by Crippen LogP contribution is 2.40. The molecule has 6 nitrogen and oxygen atoms in total. The van der Waals surface area contributed by atoms with Crippen molar-refractivity contribution in [3.63, 3.8) is 0 Å². The van der Waals surface area contributed by atoms with Gasteiger partial charge in [0.15, 0.2) is 0 Å². The molecule has 0 unspecified atom stereocenters. The van der Waals surface area contributed by atoms with Crippen LogP contribution in [0.25, 0.3) is 11.8 Å². The lowest BCUT2D eigenvalue weighted by atomic mass is 9.97. The van der Waals surface area contributed by atoms with Crippen molar-refractivity contribution in [2.45, 2.75) is 45.0 Å². The van der Waals surface area contributed by atoms with Crippen LogP contribution in [-0.2, 0) is 11.2 Å². The maximum atomic E-state index is 13.5. The average molecular weight is 498 g/mol. The Morgan fingerprint density at radius 1 is 1.14 bits per heavy atom. The molecule has 1 aliphatic heterocycles. The zero-order chi connectivity index (χ0) is 25.4. The maximum Gasteiger partial charge on any atom is 0.573 e. The number of aryl methyl sites for hydroxylation is 2. The third-order valence-electron chi connectivity index (χ3n) is 6.69. The largest absolute Gasteiger partial charge is 0.573 e. The summed E-state index contributed by atoms with van der Waals surface area (Å²) in [4.78, 5) is 19.6. The summed E-state index contributed by atoms with van der Waals surface area (Å²) >= 11 is 0. The Kier molecular flexibility index (Phi) is 6.24. The van der Waals surface area contributed by atoms with E-state index in [1.54, 1.807) is 19.5 Å². The number of fused-ring (bicyclic) bond motifs is 1. The Hall–Kier alpha value is -3.75. The first-order valence-corrected chi connectivity index (χ1v) is 11.8. The molecule has 36 heavy (non-hydrogen) atoms. The first-order chi connectivity index (χ1) is 17.2. The molecule has 1 aromatic heterocycles. The van der Waals surface area contributed by atoms with Crippen molar-refractivity contribution in [1.29, 1.82) is 0 Å². The number of alkyl halides is 3. The van der Waals surface area contributed by atoms with E-state index in [4.69, 9.17) is 4.74 Å². The van der Waals surface area contributed by atoms with Crippen molar-refractivity contribution in [2.75, 3.05) is 13.7 Å². The van der Waals surface area contributed by atoms with Gasteiger partial charge in [-0.25, -0.2) is 4.98 Å².